The quantitative estimate of drug-likeness (QED) is 0.565. The van der Waals surface area contributed by atoms with Crippen molar-refractivity contribution in [1.29, 1.82) is 0 Å². The minimum absolute atomic E-state index is 0.0955. The molecule has 0 atom stereocenters. The topological polar surface area (TPSA) is 96.6 Å². The molecular formula is C18H19N3O5S. The molecule has 0 fully saturated rings. The lowest BCUT2D eigenvalue weighted by molar-refractivity contribution is 0.0424. The van der Waals surface area contributed by atoms with Gasteiger partial charge in [-0.05, 0) is 18.2 Å². The molecule has 0 aliphatic heterocycles. The smallest absolute Gasteiger partial charge is 0.358 e. The first-order valence-electron chi connectivity index (χ1n) is 8.19. The van der Waals surface area contributed by atoms with Crippen LogP contribution in [0.3, 0.4) is 0 Å². The molecule has 0 saturated heterocycles. The van der Waals surface area contributed by atoms with E-state index in [1.165, 1.54) is 11.3 Å². The van der Waals surface area contributed by atoms with E-state index in [4.69, 9.17) is 18.7 Å². The van der Waals surface area contributed by atoms with Gasteiger partial charge in [-0.25, -0.2) is 9.78 Å². The van der Waals surface area contributed by atoms with Crippen LogP contribution >= 0.6 is 11.3 Å². The van der Waals surface area contributed by atoms with Crippen molar-refractivity contribution in [2.24, 2.45) is 0 Å². The number of methoxy groups -OCH3 is 2. The predicted octanol–water partition coefficient (Wildman–Crippen LogP) is 3.69. The highest BCUT2D eigenvalue weighted by atomic mass is 32.1. The average Bonchev–Trinajstić information content (AvgIpc) is 3.35. The summed E-state index contributed by atoms with van der Waals surface area (Å²) in [6.07, 6.45) is 0. The maximum absolute atomic E-state index is 12.2. The largest absolute Gasteiger partial charge is 0.493 e. The summed E-state index contributed by atoms with van der Waals surface area (Å²) in [7, 11) is 3.14. The minimum atomic E-state index is -0.553. The van der Waals surface area contributed by atoms with Gasteiger partial charge in [-0.3, -0.25) is 0 Å². The van der Waals surface area contributed by atoms with Crippen LogP contribution in [0.5, 0.6) is 11.5 Å². The molecule has 3 rings (SSSR count). The molecule has 9 heteroatoms. The van der Waals surface area contributed by atoms with Gasteiger partial charge in [0.25, 0.3) is 5.89 Å². The summed E-state index contributed by atoms with van der Waals surface area (Å²) >= 11 is 1.33. The second kappa shape index (κ2) is 8.17. The Morgan fingerprint density at radius 3 is 2.63 bits per heavy atom. The number of carbonyl (C=O) groups excluding carboxylic acids is 1. The van der Waals surface area contributed by atoms with Gasteiger partial charge in [0.2, 0.25) is 0 Å². The number of thiazole rings is 1. The minimum Gasteiger partial charge on any atom is -0.493 e. The summed E-state index contributed by atoms with van der Waals surface area (Å²) in [6.45, 7) is 3.80. The molecule has 0 spiro atoms. The van der Waals surface area contributed by atoms with Crippen molar-refractivity contribution in [3.63, 3.8) is 0 Å². The van der Waals surface area contributed by atoms with Gasteiger partial charge in [-0.2, -0.15) is 4.98 Å². The predicted molar refractivity (Wildman–Crippen MR) is 98.2 cm³/mol. The van der Waals surface area contributed by atoms with E-state index in [9.17, 15) is 4.79 Å². The molecule has 2 aromatic heterocycles. The highest BCUT2D eigenvalue weighted by molar-refractivity contribution is 7.13. The fourth-order valence-corrected chi connectivity index (χ4v) is 3.02. The van der Waals surface area contributed by atoms with Gasteiger partial charge in [0.15, 0.2) is 29.6 Å². The number of rotatable bonds is 7. The molecule has 2 heterocycles. The molecule has 0 radical (unpaired) electrons. The van der Waals surface area contributed by atoms with E-state index >= 15 is 0 Å². The maximum Gasteiger partial charge on any atom is 0.358 e. The number of carbonyl (C=O) groups is 1. The van der Waals surface area contributed by atoms with Gasteiger partial charge >= 0.3 is 5.97 Å². The second-order valence-electron chi connectivity index (χ2n) is 5.88. The maximum atomic E-state index is 12.2. The molecule has 1 aromatic carbocycles. The first-order valence-corrected chi connectivity index (χ1v) is 9.07. The highest BCUT2D eigenvalue weighted by Gasteiger charge is 2.17. The van der Waals surface area contributed by atoms with Crippen molar-refractivity contribution in [2.45, 2.75) is 26.4 Å². The third kappa shape index (κ3) is 4.25. The summed E-state index contributed by atoms with van der Waals surface area (Å²) in [4.78, 5) is 20.7. The van der Waals surface area contributed by atoms with Gasteiger partial charge in [-0.1, -0.05) is 19.0 Å². The zero-order valence-corrected chi connectivity index (χ0v) is 16.2. The van der Waals surface area contributed by atoms with Crippen molar-refractivity contribution >= 4 is 17.3 Å². The molecule has 0 N–H and O–H groups in total. The summed E-state index contributed by atoms with van der Waals surface area (Å²) in [5.74, 6) is 1.63. The summed E-state index contributed by atoms with van der Waals surface area (Å²) < 4.78 is 20.8. The Kier molecular flexibility index (Phi) is 5.70. The van der Waals surface area contributed by atoms with Crippen LogP contribution in [0.2, 0.25) is 0 Å². The third-order valence-electron chi connectivity index (χ3n) is 3.67. The Balaban J connectivity index is 1.68. The third-order valence-corrected chi connectivity index (χ3v) is 4.56. The molecule has 0 unspecified atom stereocenters. The van der Waals surface area contributed by atoms with Crippen molar-refractivity contribution in [3.05, 3.63) is 41.0 Å². The van der Waals surface area contributed by atoms with Crippen LogP contribution in [0.4, 0.5) is 0 Å². The number of benzene rings is 1. The van der Waals surface area contributed by atoms with Gasteiger partial charge < -0.3 is 18.7 Å². The molecule has 0 saturated carbocycles. The lowest BCUT2D eigenvalue weighted by atomic mass is 10.2. The van der Waals surface area contributed by atoms with Gasteiger partial charge in [0.1, 0.15) is 5.01 Å². The SMILES string of the molecule is COc1ccc(-c2nc(C(=O)OCc3nc(C(C)C)no3)cs2)cc1OC. The molecule has 8 nitrogen and oxygen atoms in total. The van der Waals surface area contributed by atoms with E-state index in [1.807, 2.05) is 19.9 Å². The molecule has 142 valence electrons. The Hall–Kier alpha value is -2.94. The molecule has 0 aliphatic carbocycles. The van der Waals surface area contributed by atoms with Crippen LogP contribution in [0, 0.1) is 0 Å². The Bertz CT molecular complexity index is 935. The van der Waals surface area contributed by atoms with Crippen LogP contribution < -0.4 is 9.47 Å². The summed E-state index contributed by atoms with van der Waals surface area (Å²) in [5.41, 5.74) is 1.03. The van der Waals surface area contributed by atoms with Gasteiger partial charge in [0.05, 0.1) is 14.2 Å². The molecule has 0 amide bonds. The van der Waals surface area contributed by atoms with Crippen LogP contribution in [-0.4, -0.2) is 35.3 Å². The van der Waals surface area contributed by atoms with Crippen molar-refractivity contribution in [3.8, 4) is 22.1 Å². The standard InChI is InChI=1S/C18H19N3O5S/c1-10(2)16-20-15(26-21-16)8-25-18(22)12-9-27-17(19-12)11-5-6-13(23-3)14(7-11)24-4/h5-7,9-10H,8H2,1-4H3. The number of hydrogen-bond acceptors (Lipinski definition) is 9. The van der Waals surface area contributed by atoms with E-state index in [1.54, 1.807) is 31.7 Å². The summed E-state index contributed by atoms with van der Waals surface area (Å²) in [6, 6.07) is 5.44. The first-order chi connectivity index (χ1) is 13.0. The van der Waals surface area contributed by atoms with E-state index in [2.05, 4.69) is 15.1 Å². The van der Waals surface area contributed by atoms with Crippen LogP contribution in [0.1, 0.15) is 42.0 Å². The van der Waals surface area contributed by atoms with Crippen molar-refractivity contribution in [2.75, 3.05) is 14.2 Å². The molecule has 0 aliphatic rings. The molecule has 0 bridgehead atoms. The monoisotopic (exact) mass is 389 g/mol. The lowest BCUT2D eigenvalue weighted by Crippen LogP contribution is -2.06. The normalized spacial score (nSPS) is 10.9. The first kappa shape index (κ1) is 18.8. The molecule has 27 heavy (non-hydrogen) atoms. The number of ether oxygens (including phenoxy) is 3. The lowest BCUT2D eigenvalue weighted by Gasteiger charge is -2.08. The van der Waals surface area contributed by atoms with E-state index in [0.29, 0.717) is 22.3 Å². The second-order valence-corrected chi connectivity index (χ2v) is 6.74. The zero-order chi connectivity index (χ0) is 19.4. The molecular weight excluding hydrogens is 370 g/mol. The fourth-order valence-electron chi connectivity index (χ4n) is 2.23. The Labute approximate surface area is 160 Å². The average molecular weight is 389 g/mol. The highest BCUT2D eigenvalue weighted by Crippen LogP contribution is 2.33. The Morgan fingerprint density at radius 1 is 1.19 bits per heavy atom. The van der Waals surface area contributed by atoms with Gasteiger partial charge in [0, 0.05) is 16.9 Å². The van der Waals surface area contributed by atoms with Gasteiger partial charge in [-0.15, -0.1) is 11.3 Å². The number of esters is 1. The number of hydrogen-bond donors (Lipinski definition) is 0. The molecule has 3 aromatic rings. The van der Waals surface area contributed by atoms with E-state index in [-0.39, 0.29) is 24.1 Å². The van der Waals surface area contributed by atoms with E-state index < -0.39 is 5.97 Å². The zero-order valence-electron chi connectivity index (χ0n) is 15.4. The van der Waals surface area contributed by atoms with Crippen LogP contribution in [0.25, 0.3) is 10.6 Å². The number of aromatic nitrogens is 3. The van der Waals surface area contributed by atoms with Crippen LogP contribution in [-0.2, 0) is 11.3 Å². The summed E-state index contributed by atoms with van der Waals surface area (Å²) in [5, 5.41) is 6.14. The van der Waals surface area contributed by atoms with Crippen molar-refractivity contribution in [1.82, 2.24) is 15.1 Å². The van der Waals surface area contributed by atoms with Crippen molar-refractivity contribution < 1.29 is 23.5 Å². The fraction of sp³-hybridized carbons (Fsp3) is 0.333. The van der Waals surface area contributed by atoms with Crippen LogP contribution in [0.15, 0.2) is 28.1 Å². The Morgan fingerprint density at radius 2 is 1.96 bits per heavy atom. The number of nitrogens with zero attached hydrogens (tertiary/aromatic N) is 3. The van der Waals surface area contributed by atoms with E-state index in [0.717, 1.165) is 5.56 Å².